The predicted octanol–water partition coefficient (Wildman–Crippen LogP) is 4.38. The Kier molecular flexibility index (Phi) is 5.89. The minimum atomic E-state index is -2.50. The number of hydrogen-bond acceptors (Lipinski definition) is 4. The molecule has 178 valence electrons. The monoisotopic (exact) mass is 457 g/mol. The number of piperidine rings is 1. The Morgan fingerprint density at radius 3 is 2.58 bits per heavy atom. The van der Waals surface area contributed by atoms with Crippen molar-refractivity contribution in [3.05, 3.63) is 40.1 Å². The molecule has 1 aromatic carbocycles. The SMILES string of the molecule is CC(=O)N1CCc2c(c(N3CCCc4cc(C)c(C(F)F)cc43)nn2C2CCN(C)CC2)C1. The number of benzene rings is 1. The van der Waals surface area contributed by atoms with Crippen molar-refractivity contribution in [3.63, 3.8) is 0 Å². The highest BCUT2D eigenvalue weighted by Gasteiger charge is 2.34. The molecule has 5 rings (SSSR count). The van der Waals surface area contributed by atoms with Gasteiger partial charge < -0.3 is 14.7 Å². The van der Waals surface area contributed by atoms with Gasteiger partial charge in [0.25, 0.3) is 6.43 Å². The summed E-state index contributed by atoms with van der Waals surface area (Å²) in [7, 11) is 2.15. The molecule has 8 heteroatoms. The van der Waals surface area contributed by atoms with Crippen molar-refractivity contribution in [3.8, 4) is 0 Å². The zero-order valence-corrected chi connectivity index (χ0v) is 19.8. The van der Waals surface area contributed by atoms with Crippen LogP contribution < -0.4 is 4.90 Å². The molecular formula is C25H33F2N5O. The number of fused-ring (bicyclic) bond motifs is 2. The van der Waals surface area contributed by atoms with Crippen LogP contribution in [0.1, 0.15) is 66.6 Å². The predicted molar refractivity (Wildman–Crippen MR) is 124 cm³/mol. The average Bonchev–Trinajstić information content (AvgIpc) is 3.17. The van der Waals surface area contributed by atoms with Crippen LogP contribution in [0.4, 0.5) is 20.3 Å². The van der Waals surface area contributed by atoms with Crippen LogP contribution in [0.25, 0.3) is 0 Å². The van der Waals surface area contributed by atoms with Crippen molar-refractivity contribution in [2.45, 2.75) is 65.0 Å². The van der Waals surface area contributed by atoms with Gasteiger partial charge in [-0.3, -0.25) is 9.48 Å². The van der Waals surface area contributed by atoms with Gasteiger partial charge in [-0.05, 0) is 69.9 Å². The van der Waals surface area contributed by atoms with E-state index in [0.29, 0.717) is 24.7 Å². The van der Waals surface area contributed by atoms with Gasteiger partial charge in [0, 0.05) is 48.9 Å². The van der Waals surface area contributed by atoms with Gasteiger partial charge in [0.05, 0.1) is 12.6 Å². The number of aromatic nitrogens is 2. The third-order valence-electron chi connectivity index (χ3n) is 7.62. The molecule has 1 amide bonds. The quantitative estimate of drug-likeness (QED) is 0.686. The second-order valence-corrected chi connectivity index (χ2v) is 9.81. The molecule has 6 nitrogen and oxygen atoms in total. The number of amides is 1. The topological polar surface area (TPSA) is 44.6 Å². The molecule has 0 unspecified atom stereocenters. The van der Waals surface area contributed by atoms with Gasteiger partial charge in [-0.25, -0.2) is 8.78 Å². The van der Waals surface area contributed by atoms with Crippen LogP contribution in [0.2, 0.25) is 0 Å². The summed E-state index contributed by atoms with van der Waals surface area (Å²) in [6.45, 7) is 7.44. The van der Waals surface area contributed by atoms with Crippen molar-refractivity contribution in [2.75, 3.05) is 38.1 Å². The molecule has 0 spiro atoms. The first kappa shape index (κ1) is 22.3. The van der Waals surface area contributed by atoms with E-state index in [-0.39, 0.29) is 11.5 Å². The second kappa shape index (κ2) is 8.70. The molecule has 0 N–H and O–H groups in total. The zero-order valence-electron chi connectivity index (χ0n) is 19.8. The van der Waals surface area contributed by atoms with E-state index in [1.165, 1.54) is 5.69 Å². The van der Waals surface area contributed by atoms with Crippen LogP contribution in [0.3, 0.4) is 0 Å². The molecule has 1 saturated heterocycles. The first-order valence-electron chi connectivity index (χ1n) is 12.1. The number of aryl methyl sites for hydroxylation is 2. The number of halogens is 2. The van der Waals surface area contributed by atoms with E-state index in [2.05, 4.69) is 21.5 Å². The van der Waals surface area contributed by atoms with Crippen molar-refractivity contribution in [1.29, 1.82) is 0 Å². The Bertz CT molecular complexity index is 1060. The number of nitrogens with zero attached hydrogens (tertiary/aromatic N) is 5. The summed E-state index contributed by atoms with van der Waals surface area (Å²) in [5.41, 5.74) is 4.98. The number of likely N-dealkylation sites (tertiary alicyclic amines) is 1. The molecule has 3 aliphatic rings. The van der Waals surface area contributed by atoms with Crippen LogP contribution in [0.15, 0.2) is 12.1 Å². The van der Waals surface area contributed by atoms with Crippen molar-refractivity contribution in [2.24, 2.45) is 0 Å². The zero-order chi connectivity index (χ0) is 23.3. The van der Waals surface area contributed by atoms with Crippen molar-refractivity contribution >= 4 is 17.4 Å². The maximum atomic E-state index is 13.7. The van der Waals surface area contributed by atoms with E-state index in [9.17, 15) is 13.6 Å². The third kappa shape index (κ3) is 4.03. The Labute approximate surface area is 194 Å². The van der Waals surface area contributed by atoms with Crippen LogP contribution in [0.5, 0.6) is 0 Å². The molecule has 4 heterocycles. The van der Waals surface area contributed by atoms with Gasteiger partial charge in [0.1, 0.15) is 0 Å². The maximum Gasteiger partial charge on any atom is 0.264 e. The summed E-state index contributed by atoms with van der Waals surface area (Å²) < 4.78 is 29.7. The minimum Gasteiger partial charge on any atom is -0.338 e. The highest BCUT2D eigenvalue weighted by molar-refractivity contribution is 5.75. The number of carbonyl (C=O) groups is 1. The van der Waals surface area contributed by atoms with Crippen molar-refractivity contribution < 1.29 is 13.6 Å². The number of hydrogen-bond donors (Lipinski definition) is 0. The molecule has 0 aliphatic carbocycles. The molecule has 0 bridgehead atoms. The summed E-state index contributed by atoms with van der Waals surface area (Å²) in [6, 6.07) is 3.93. The first-order chi connectivity index (χ1) is 15.8. The number of alkyl halides is 2. The van der Waals surface area contributed by atoms with Crippen molar-refractivity contribution in [1.82, 2.24) is 19.6 Å². The molecule has 1 aromatic heterocycles. The summed E-state index contributed by atoms with van der Waals surface area (Å²) in [5.74, 6) is 0.910. The number of carbonyl (C=O) groups excluding carboxylic acids is 1. The number of anilines is 2. The second-order valence-electron chi connectivity index (χ2n) is 9.81. The Morgan fingerprint density at radius 2 is 1.88 bits per heavy atom. The minimum absolute atomic E-state index is 0.0632. The van der Waals surface area contributed by atoms with Gasteiger partial charge in [-0.1, -0.05) is 6.07 Å². The molecule has 0 saturated carbocycles. The normalized spacial score (nSPS) is 19.7. The maximum absolute atomic E-state index is 13.7. The standard InChI is InChI=1S/C25H33F2N5O/c1-16-13-18-5-4-9-31(23(18)14-20(16)24(26)27)25-21-15-30(17(2)33)12-8-22(21)32(28-25)19-6-10-29(3)11-7-19/h13-14,19,24H,4-12,15H2,1-3H3. The smallest absolute Gasteiger partial charge is 0.264 e. The number of rotatable bonds is 3. The molecule has 3 aliphatic heterocycles. The molecular weight excluding hydrogens is 424 g/mol. The molecule has 0 atom stereocenters. The van der Waals surface area contributed by atoms with Crippen LogP contribution >= 0.6 is 0 Å². The van der Waals surface area contributed by atoms with E-state index in [1.807, 2.05) is 11.0 Å². The lowest BCUT2D eigenvalue weighted by molar-refractivity contribution is -0.129. The lowest BCUT2D eigenvalue weighted by atomic mass is 9.95. The van der Waals surface area contributed by atoms with Crippen LogP contribution in [-0.4, -0.2) is 58.7 Å². The van der Waals surface area contributed by atoms with Gasteiger partial charge >= 0.3 is 0 Å². The summed E-state index contributed by atoms with van der Waals surface area (Å²) >= 11 is 0. The Morgan fingerprint density at radius 1 is 1.12 bits per heavy atom. The van der Waals surface area contributed by atoms with E-state index in [4.69, 9.17) is 5.10 Å². The lowest BCUT2D eigenvalue weighted by Crippen LogP contribution is -2.36. The Hall–Kier alpha value is -2.48. The Balaban J connectivity index is 1.60. The van der Waals surface area contributed by atoms with Gasteiger partial charge in [-0.15, -0.1) is 0 Å². The molecule has 33 heavy (non-hydrogen) atoms. The fraction of sp³-hybridized carbons (Fsp3) is 0.600. The molecule has 1 fully saturated rings. The van der Waals surface area contributed by atoms with Gasteiger partial charge in [-0.2, -0.15) is 5.10 Å². The first-order valence-corrected chi connectivity index (χ1v) is 12.1. The highest BCUT2D eigenvalue weighted by atomic mass is 19.3. The van der Waals surface area contributed by atoms with E-state index >= 15 is 0 Å². The van der Waals surface area contributed by atoms with E-state index in [1.54, 1.807) is 19.9 Å². The van der Waals surface area contributed by atoms with Gasteiger partial charge in [0.15, 0.2) is 5.82 Å². The summed E-state index contributed by atoms with van der Waals surface area (Å²) in [4.78, 5) is 18.5. The fourth-order valence-electron chi connectivity index (χ4n) is 5.68. The van der Waals surface area contributed by atoms with Gasteiger partial charge in [0.2, 0.25) is 5.91 Å². The van der Waals surface area contributed by atoms with Crippen LogP contribution in [0, 0.1) is 6.92 Å². The molecule has 0 radical (unpaired) electrons. The lowest BCUT2D eigenvalue weighted by Gasteiger charge is -2.33. The van der Waals surface area contributed by atoms with Crippen LogP contribution in [-0.2, 0) is 24.2 Å². The summed E-state index contributed by atoms with van der Waals surface area (Å²) in [5, 5.41) is 5.15. The fourth-order valence-corrected chi connectivity index (χ4v) is 5.68. The summed E-state index contributed by atoms with van der Waals surface area (Å²) in [6.07, 6.45) is 2.21. The van der Waals surface area contributed by atoms with E-state index < -0.39 is 6.43 Å². The largest absolute Gasteiger partial charge is 0.338 e. The van der Waals surface area contributed by atoms with E-state index in [0.717, 1.165) is 74.4 Å². The molecule has 2 aromatic rings. The average molecular weight is 458 g/mol. The highest BCUT2D eigenvalue weighted by Crippen LogP contribution is 2.41. The third-order valence-corrected chi connectivity index (χ3v) is 7.62.